The number of aromatic hydroxyl groups is 1. The van der Waals surface area contributed by atoms with Crippen LogP contribution < -0.4 is 10.1 Å². The van der Waals surface area contributed by atoms with E-state index in [4.69, 9.17) is 0 Å². The molecule has 1 aromatic rings. The third-order valence-corrected chi connectivity index (χ3v) is 3.67. The van der Waals surface area contributed by atoms with Crippen LogP contribution in [0.2, 0.25) is 0 Å². The minimum Gasteiger partial charge on any atom is -0.499 e. The molecule has 0 spiro atoms. The zero-order valence-electron chi connectivity index (χ0n) is 15.4. The van der Waals surface area contributed by atoms with E-state index in [1.807, 2.05) is 0 Å². The fourth-order valence-corrected chi connectivity index (χ4v) is 2.51. The van der Waals surface area contributed by atoms with Gasteiger partial charge in [-0.15, -0.1) is 0 Å². The molecule has 0 saturated heterocycles. The standard InChI is InChI=1S/C16H20F3N3O6/c1-4-6-21(7-5-2)15(25)20-14(24)11-9(16(17,18)19)8-10(28-3)13(23)12(11)22(26)27/h8,23H,4-7H2,1-3H3,(H,20,24,25). The van der Waals surface area contributed by atoms with Gasteiger partial charge in [0.2, 0.25) is 5.75 Å². The summed E-state index contributed by atoms with van der Waals surface area (Å²) in [4.78, 5) is 35.7. The second-order valence-electron chi connectivity index (χ2n) is 5.70. The molecule has 0 radical (unpaired) electrons. The summed E-state index contributed by atoms with van der Waals surface area (Å²) in [6, 6.07) is -0.733. The van der Waals surface area contributed by atoms with Gasteiger partial charge in [0, 0.05) is 13.1 Å². The van der Waals surface area contributed by atoms with E-state index in [-0.39, 0.29) is 19.2 Å². The number of phenols is 1. The molecule has 0 aromatic heterocycles. The maximum Gasteiger partial charge on any atom is 0.417 e. The predicted octanol–water partition coefficient (Wildman–Crippen LogP) is 3.30. The maximum atomic E-state index is 13.4. The maximum absolute atomic E-state index is 13.4. The van der Waals surface area contributed by atoms with Gasteiger partial charge in [-0.25, -0.2) is 4.79 Å². The molecule has 0 aliphatic rings. The van der Waals surface area contributed by atoms with Gasteiger partial charge in [0.25, 0.3) is 5.91 Å². The number of carbonyl (C=O) groups is 2. The van der Waals surface area contributed by atoms with Crippen LogP contribution in [0, 0.1) is 10.1 Å². The molecule has 0 fully saturated rings. The molecule has 12 heteroatoms. The second kappa shape index (κ2) is 9.24. The summed E-state index contributed by atoms with van der Waals surface area (Å²) in [5.74, 6) is -3.74. The number of halogens is 3. The number of hydrogen-bond donors (Lipinski definition) is 2. The summed E-state index contributed by atoms with van der Waals surface area (Å²) in [5.41, 5.74) is -4.69. The van der Waals surface area contributed by atoms with E-state index in [0.717, 1.165) is 7.11 Å². The van der Waals surface area contributed by atoms with Gasteiger partial charge in [-0.1, -0.05) is 13.8 Å². The third kappa shape index (κ3) is 5.02. The average Bonchev–Trinajstić information content (AvgIpc) is 2.59. The van der Waals surface area contributed by atoms with Crippen molar-refractivity contribution >= 4 is 17.6 Å². The van der Waals surface area contributed by atoms with Crippen LogP contribution in [0.25, 0.3) is 0 Å². The highest BCUT2D eigenvalue weighted by Gasteiger charge is 2.43. The van der Waals surface area contributed by atoms with Crippen molar-refractivity contribution in [3.8, 4) is 11.5 Å². The molecule has 1 rings (SSSR count). The van der Waals surface area contributed by atoms with E-state index >= 15 is 0 Å². The normalized spacial score (nSPS) is 11.1. The Hall–Kier alpha value is -3.05. The van der Waals surface area contributed by atoms with Crippen LogP contribution in [-0.4, -0.2) is 47.1 Å². The Morgan fingerprint density at radius 2 is 1.82 bits per heavy atom. The molecule has 0 atom stereocenters. The number of alkyl halides is 3. The van der Waals surface area contributed by atoms with Crippen LogP contribution in [0.1, 0.15) is 42.6 Å². The molecule has 0 unspecified atom stereocenters. The molecule has 28 heavy (non-hydrogen) atoms. The summed E-state index contributed by atoms with van der Waals surface area (Å²) in [7, 11) is 0.898. The predicted molar refractivity (Wildman–Crippen MR) is 91.3 cm³/mol. The lowest BCUT2D eigenvalue weighted by atomic mass is 10.0. The van der Waals surface area contributed by atoms with E-state index < -0.39 is 51.4 Å². The van der Waals surface area contributed by atoms with Gasteiger partial charge >= 0.3 is 17.9 Å². The van der Waals surface area contributed by atoms with Crippen LogP contribution in [0.3, 0.4) is 0 Å². The molecule has 0 heterocycles. The number of nitro groups is 1. The van der Waals surface area contributed by atoms with Crippen molar-refractivity contribution < 1.29 is 37.5 Å². The number of imide groups is 1. The largest absolute Gasteiger partial charge is 0.499 e. The summed E-state index contributed by atoms with van der Waals surface area (Å²) >= 11 is 0. The Morgan fingerprint density at radius 1 is 1.29 bits per heavy atom. The van der Waals surface area contributed by atoms with E-state index in [1.165, 1.54) is 4.90 Å². The fourth-order valence-electron chi connectivity index (χ4n) is 2.51. The average molecular weight is 407 g/mol. The van der Waals surface area contributed by atoms with E-state index in [1.54, 1.807) is 19.2 Å². The summed E-state index contributed by atoms with van der Waals surface area (Å²) in [5, 5.41) is 22.9. The first-order valence-corrected chi connectivity index (χ1v) is 8.25. The van der Waals surface area contributed by atoms with Gasteiger partial charge in [-0.3, -0.25) is 20.2 Å². The summed E-state index contributed by atoms with van der Waals surface area (Å²) in [6.07, 6.45) is -4.13. The Morgan fingerprint density at radius 3 is 2.21 bits per heavy atom. The van der Waals surface area contributed by atoms with Crippen molar-refractivity contribution in [2.45, 2.75) is 32.9 Å². The molecule has 1 aromatic carbocycles. The fraction of sp³-hybridized carbons (Fsp3) is 0.500. The van der Waals surface area contributed by atoms with Crippen LogP contribution in [0.4, 0.5) is 23.7 Å². The molecule has 9 nitrogen and oxygen atoms in total. The van der Waals surface area contributed by atoms with Gasteiger partial charge in [-0.05, 0) is 18.9 Å². The van der Waals surface area contributed by atoms with Gasteiger partial charge in [0.1, 0.15) is 5.56 Å². The number of urea groups is 1. The highest BCUT2D eigenvalue weighted by molar-refractivity contribution is 6.08. The molecule has 0 saturated carbocycles. The van der Waals surface area contributed by atoms with Crippen molar-refractivity contribution in [1.82, 2.24) is 10.2 Å². The number of rotatable bonds is 7. The highest BCUT2D eigenvalue weighted by atomic mass is 19.4. The van der Waals surface area contributed by atoms with Crippen LogP contribution in [0.15, 0.2) is 6.07 Å². The molecule has 3 amide bonds. The van der Waals surface area contributed by atoms with Crippen molar-refractivity contribution in [2.24, 2.45) is 0 Å². The molecule has 156 valence electrons. The van der Waals surface area contributed by atoms with Crippen molar-refractivity contribution in [3.63, 3.8) is 0 Å². The van der Waals surface area contributed by atoms with Crippen molar-refractivity contribution in [2.75, 3.05) is 20.2 Å². The topological polar surface area (TPSA) is 122 Å². The molecular weight excluding hydrogens is 387 g/mol. The third-order valence-electron chi connectivity index (χ3n) is 3.67. The van der Waals surface area contributed by atoms with Gasteiger partial charge in [0.05, 0.1) is 17.6 Å². The lowest BCUT2D eigenvalue weighted by molar-refractivity contribution is -0.386. The number of ether oxygens (including phenoxy) is 1. The van der Waals surface area contributed by atoms with Crippen molar-refractivity contribution in [1.29, 1.82) is 0 Å². The molecular formula is C16H20F3N3O6. The number of amides is 3. The first-order valence-electron chi connectivity index (χ1n) is 8.25. The Kier molecular flexibility index (Phi) is 7.59. The van der Waals surface area contributed by atoms with Crippen LogP contribution in [-0.2, 0) is 6.18 Å². The molecule has 0 aliphatic carbocycles. The molecule has 0 bridgehead atoms. The molecule has 0 aliphatic heterocycles. The van der Waals surface area contributed by atoms with E-state index in [2.05, 4.69) is 4.74 Å². The lowest BCUT2D eigenvalue weighted by Crippen LogP contribution is -2.44. The summed E-state index contributed by atoms with van der Waals surface area (Å²) in [6.45, 7) is 3.97. The Labute approximate surface area is 158 Å². The highest BCUT2D eigenvalue weighted by Crippen LogP contribution is 2.45. The first kappa shape index (κ1) is 23.0. The number of methoxy groups -OCH3 is 1. The van der Waals surface area contributed by atoms with Gasteiger partial charge < -0.3 is 14.7 Å². The number of hydrogen-bond acceptors (Lipinski definition) is 6. The molecule has 2 N–H and O–H groups in total. The van der Waals surface area contributed by atoms with Gasteiger partial charge in [-0.2, -0.15) is 13.2 Å². The minimum absolute atomic E-state index is 0.231. The summed E-state index contributed by atoms with van der Waals surface area (Å²) < 4.78 is 44.7. The number of nitro benzene ring substituents is 1. The lowest BCUT2D eigenvalue weighted by Gasteiger charge is -2.22. The van der Waals surface area contributed by atoms with Crippen LogP contribution >= 0.6 is 0 Å². The SMILES string of the molecule is CCCN(CCC)C(=O)NC(=O)c1c(C(F)(F)F)cc(OC)c(O)c1[N+](=O)[O-]. The van der Waals surface area contributed by atoms with E-state index in [0.29, 0.717) is 12.8 Å². The van der Waals surface area contributed by atoms with Crippen LogP contribution in [0.5, 0.6) is 11.5 Å². The van der Waals surface area contributed by atoms with Crippen molar-refractivity contribution in [3.05, 3.63) is 27.3 Å². The number of phenolic OH excluding ortho intramolecular Hbond substituents is 1. The van der Waals surface area contributed by atoms with E-state index in [9.17, 15) is 38.0 Å². The zero-order valence-corrected chi connectivity index (χ0v) is 15.4. The number of nitrogens with zero attached hydrogens (tertiary/aromatic N) is 2. The smallest absolute Gasteiger partial charge is 0.417 e. The van der Waals surface area contributed by atoms with Gasteiger partial charge in [0.15, 0.2) is 5.75 Å². The second-order valence-corrected chi connectivity index (χ2v) is 5.70. The Bertz CT molecular complexity index is 761. The number of carbonyl (C=O) groups excluding carboxylic acids is 2. The minimum atomic E-state index is -5.19. The quantitative estimate of drug-likeness (QED) is 0.528. The number of benzene rings is 1. The monoisotopic (exact) mass is 407 g/mol. The zero-order chi connectivity index (χ0) is 21.6. The first-order chi connectivity index (χ1) is 13.0. The number of nitrogens with one attached hydrogen (secondary N) is 1. The Balaban J connectivity index is 3.52.